The Labute approximate surface area is 154 Å². The number of hydrogen-bond acceptors (Lipinski definition) is 5. The van der Waals surface area contributed by atoms with Crippen molar-refractivity contribution < 1.29 is 14.3 Å². The SMILES string of the molecule is C[C@H](OC[C@@H]1CCCO1)C(=O)NC[C@H]1CCCN(Cc2cccs2)C1. The Balaban J connectivity index is 1.34. The van der Waals surface area contributed by atoms with Gasteiger partial charge in [0.25, 0.3) is 0 Å². The molecule has 0 bridgehead atoms. The normalized spacial score (nSPS) is 25.8. The smallest absolute Gasteiger partial charge is 0.248 e. The Morgan fingerprint density at radius 3 is 3.16 bits per heavy atom. The van der Waals surface area contributed by atoms with Crippen LogP contribution in [0.25, 0.3) is 0 Å². The third-order valence-electron chi connectivity index (χ3n) is 5.05. The summed E-state index contributed by atoms with van der Waals surface area (Å²) in [5.74, 6) is 0.524. The Morgan fingerprint density at radius 1 is 1.48 bits per heavy atom. The lowest BCUT2D eigenvalue weighted by atomic mass is 9.98. The van der Waals surface area contributed by atoms with Crippen molar-refractivity contribution in [3.05, 3.63) is 22.4 Å². The van der Waals surface area contributed by atoms with E-state index in [1.807, 2.05) is 18.3 Å². The van der Waals surface area contributed by atoms with Crippen LogP contribution in [-0.4, -0.2) is 55.9 Å². The van der Waals surface area contributed by atoms with Crippen molar-refractivity contribution in [3.63, 3.8) is 0 Å². The Hall–Kier alpha value is -0.950. The molecule has 0 aromatic carbocycles. The highest BCUT2D eigenvalue weighted by Crippen LogP contribution is 2.20. The van der Waals surface area contributed by atoms with Crippen molar-refractivity contribution in [2.75, 3.05) is 32.8 Å². The topological polar surface area (TPSA) is 50.8 Å². The molecule has 5 nitrogen and oxygen atoms in total. The highest BCUT2D eigenvalue weighted by atomic mass is 32.1. The van der Waals surface area contributed by atoms with Crippen LogP contribution in [0.15, 0.2) is 17.5 Å². The van der Waals surface area contributed by atoms with Crippen LogP contribution in [0.5, 0.6) is 0 Å². The molecular weight excluding hydrogens is 336 g/mol. The molecule has 3 rings (SSSR count). The van der Waals surface area contributed by atoms with E-state index in [0.717, 1.165) is 45.6 Å². The van der Waals surface area contributed by atoms with E-state index >= 15 is 0 Å². The van der Waals surface area contributed by atoms with Crippen molar-refractivity contribution in [3.8, 4) is 0 Å². The van der Waals surface area contributed by atoms with Gasteiger partial charge < -0.3 is 14.8 Å². The van der Waals surface area contributed by atoms with Gasteiger partial charge in [-0.2, -0.15) is 0 Å². The highest BCUT2D eigenvalue weighted by Gasteiger charge is 2.23. The summed E-state index contributed by atoms with van der Waals surface area (Å²) in [4.78, 5) is 16.2. The standard InChI is InChI=1S/C19H30N2O3S/c1-15(24-14-17-6-3-9-23-17)19(22)20-11-16-5-2-8-21(12-16)13-18-7-4-10-25-18/h4,7,10,15-17H,2-3,5-6,8-9,11-14H2,1H3,(H,20,22)/t15-,16+,17-/m0/s1. The maximum Gasteiger partial charge on any atom is 0.248 e. The van der Waals surface area contributed by atoms with E-state index in [1.165, 1.54) is 17.7 Å². The summed E-state index contributed by atoms with van der Waals surface area (Å²) in [6, 6.07) is 4.31. The van der Waals surface area contributed by atoms with E-state index < -0.39 is 6.10 Å². The fourth-order valence-electron chi connectivity index (χ4n) is 3.58. The molecule has 0 spiro atoms. The molecule has 2 saturated heterocycles. The predicted molar refractivity (Wildman–Crippen MR) is 99.7 cm³/mol. The van der Waals surface area contributed by atoms with Crippen LogP contribution < -0.4 is 5.32 Å². The first-order chi connectivity index (χ1) is 12.2. The summed E-state index contributed by atoms with van der Waals surface area (Å²) in [5, 5.41) is 5.21. The predicted octanol–water partition coefficient (Wildman–Crippen LogP) is 2.66. The number of likely N-dealkylation sites (tertiary alicyclic amines) is 1. The molecule has 6 heteroatoms. The first-order valence-electron chi connectivity index (χ1n) is 9.46. The third kappa shape index (κ3) is 6.06. The molecule has 0 aliphatic carbocycles. The van der Waals surface area contributed by atoms with Crippen LogP contribution in [0.1, 0.15) is 37.5 Å². The second-order valence-electron chi connectivity index (χ2n) is 7.18. The fraction of sp³-hybridized carbons (Fsp3) is 0.737. The molecule has 1 aromatic rings. The van der Waals surface area contributed by atoms with Crippen molar-refractivity contribution in [2.45, 2.75) is 51.4 Å². The second kappa shape index (κ2) is 9.67. The van der Waals surface area contributed by atoms with Gasteiger partial charge in [0.05, 0.1) is 12.7 Å². The molecule has 2 aliphatic rings. The lowest BCUT2D eigenvalue weighted by Gasteiger charge is -2.32. The monoisotopic (exact) mass is 366 g/mol. The number of hydrogen-bond donors (Lipinski definition) is 1. The number of nitrogens with zero attached hydrogens (tertiary/aromatic N) is 1. The zero-order valence-electron chi connectivity index (χ0n) is 15.1. The molecule has 2 fully saturated rings. The van der Waals surface area contributed by atoms with Crippen molar-refractivity contribution in [1.29, 1.82) is 0 Å². The maximum atomic E-state index is 12.2. The fourth-order valence-corrected chi connectivity index (χ4v) is 4.32. The number of carbonyl (C=O) groups excluding carboxylic acids is 1. The van der Waals surface area contributed by atoms with Crippen LogP contribution in [0.3, 0.4) is 0 Å². The van der Waals surface area contributed by atoms with Gasteiger partial charge in [0, 0.05) is 31.1 Å². The average Bonchev–Trinajstić information content (AvgIpc) is 3.31. The van der Waals surface area contributed by atoms with E-state index in [-0.39, 0.29) is 12.0 Å². The molecule has 0 saturated carbocycles. The van der Waals surface area contributed by atoms with E-state index in [1.54, 1.807) is 0 Å². The number of piperidine rings is 1. The molecule has 140 valence electrons. The van der Waals surface area contributed by atoms with E-state index in [0.29, 0.717) is 12.5 Å². The largest absolute Gasteiger partial charge is 0.376 e. The number of amides is 1. The molecule has 2 aliphatic heterocycles. The number of rotatable bonds is 8. The summed E-state index contributed by atoms with van der Waals surface area (Å²) in [5.41, 5.74) is 0. The number of ether oxygens (including phenoxy) is 2. The van der Waals surface area contributed by atoms with Crippen molar-refractivity contribution in [2.24, 2.45) is 5.92 Å². The average molecular weight is 367 g/mol. The maximum absolute atomic E-state index is 12.2. The molecule has 1 amide bonds. The minimum Gasteiger partial charge on any atom is -0.376 e. The minimum atomic E-state index is -0.407. The van der Waals surface area contributed by atoms with Crippen LogP contribution in [0.2, 0.25) is 0 Å². The van der Waals surface area contributed by atoms with Gasteiger partial charge in [0.1, 0.15) is 6.10 Å². The molecule has 0 radical (unpaired) electrons. The summed E-state index contributed by atoms with van der Waals surface area (Å²) >= 11 is 1.82. The van der Waals surface area contributed by atoms with E-state index in [9.17, 15) is 4.79 Å². The van der Waals surface area contributed by atoms with Gasteiger partial charge in [0.2, 0.25) is 5.91 Å². The minimum absolute atomic E-state index is 0.00613. The van der Waals surface area contributed by atoms with Gasteiger partial charge in [-0.25, -0.2) is 0 Å². The van der Waals surface area contributed by atoms with E-state index in [2.05, 4.69) is 27.7 Å². The molecule has 1 N–H and O–H groups in total. The zero-order chi connectivity index (χ0) is 17.5. The van der Waals surface area contributed by atoms with Gasteiger partial charge in [0.15, 0.2) is 0 Å². The third-order valence-corrected chi connectivity index (χ3v) is 5.91. The summed E-state index contributed by atoms with van der Waals surface area (Å²) < 4.78 is 11.2. The zero-order valence-corrected chi connectivity index (χ0v) is 15.9. The van der Waals surface area contributed by atoms with Gasteiger partial charge in [-0.15, -0.1) is 11.3 Å². The van der Waals surface area contributed by atoms with Crippen molar-refractivity contribution in [1.82, 2.24) is 10.2 Å². The molecule has 25 heavy (non-hydrogen) atoms. The van der Waals surface area contributed by atoms with E-state index in [4.69, 9.17) is 9.47 Å². The second-order valence-corrected chi connectivity index (χ2v) is 8.21. The van der Waals surface area contributed by atoms with Crippen LogP contribution in [0.4, 0.5) is 0 Å². The molecule has 3 atom stereocenters. The summed E-state index contributed by atoms with van der Waals surface area (Å²) in [6.45, 7) is 7.15. The molecule has 0 unspecified atom stereocenters. The summed E-state index contributed by atoms with van der Waals surface area (Å²) in [6.07, 6.45) is 4.28. The molecular formula is C19H30N2O3S. The Bertz CT molecular complexity index is 517. The van der Waals surface area contributed by atoms with Crippen LogP contribution in [-0.2, 0) is 20.8 Å². The van der Waals surface area contributed by atoms with Gasteiger partial charge >= 0.3 is 0 Å². The van der Waals surface area contributed by atoms with Gasteiger partial charge in [-0.1, -0.05) is 6.07 Å². The lowest BCUT2D eigenvalue weighted by molar-refractivity contribution is -0.134. The Morgan fingerprint density at radius 2 is 2.40 bits per heavy atom. The van der Waals surface area contributed by atoms with Crippen LogP contribution in [0, 0.1) is 5.92 Å². The van der Waals surface area contributed by atoms with Gasteiger partial charge in [-0.05, 0) is 56.5 Å². The molecule has 3 heterocycles. The van der Waals surface area contributed by atoms with Crippen LogP contribution >= 0.6 is 11.3 Å². The number of nitrogens with one attached hydrogen (secondary N) is 1. The number of carbonyl (C=O) groups is 1. The highest BCUT2D eigenvalue weighted by molar-refractivity contribution is 7.09. The first-order valence-corrected chi connectivity index (χ1v) is 10.3. The molecule has 1 aromatic heterocycles. The lowest BCUT2D eigenvalue weighted by Crippen LogP contribution is -2.43. The number of thiophene rings is 1. The summed E-state index contributed by atoms with van der Waals surface area (Å²) in [7, 11) is 0. The van der Waals surface area contributed by atoms with Crippen molar-refractivity contribution >= 4 is 17.2 Å². The quantitative estimate of drug-likeness (QED) is 0.768. The Kier molecular flexibility index (Phi) is 7.28. The first kappa shape index (κ1) is 18.8. The van der Waals surface area contributed by atoms with Gasteiger partial charge in [-0.3, -0.25) is 9.69 Å².